The molecule has 1 saturated carbocycles. The van der Waals surface area contributed by atoms with Crippen LogP contribution in [0.2, 0.25) is 0 Å². The van der Waals surface area contributed by atoms with Gasteiger partial charge in [-0.25, -0.2) is 0 Å². The zero-order valence-corrected chi connectivity index (χ0v) is 9.91. The first-order valence-corrected chi connectivity index (χ1v) is 5.90. The molecule has 1 atom stereocenters. The minimum atomic E-state index is -0.379. The van der Waals surface area contributed by atoms with Crippen LogP contribution in [0.3, 0.4) is 0 Å². The van der Waals surface area contributed by atoms with Gasteiger partial charge in [0.15, 0.2) is 0 Å². The maximum atomic E-state index is 9.47. The summed E-state index contributed by atoms with van der Waals surface area (Å²) in [6, 6.07) is 0.820. The summed E-state index contributed by atoms with van der Waals surface area (Å²) in [5.41, 5.74) is 0. The molecule has 15 heavy (non-hydrogen) atoms. The lowest BCUT2D eigenvalue weighted by molar-refractivity contribution is 0.0427. The van der Waals surface area contributed by atoms with E-state index in [9.17, 15) is 5.11 Å². The van der Waals surface area contributed by atoms with Gasteiger partial charge in [-0.3, -0.25) is 0 Å². The number of hydrogen-bond donors (Lipinski definition) is 2. The fourth-order valence-corrected chi connectivity index (χ4v) is 1.53. The Balaban J connectivity index is 1.86. The van der Waals surface area contributed by atoms with E-state index in [0.29, 0.717) is 19.8 Å². The molecule has 0 radical (unpaired) electrons. The van der Waals surface area contributed by atoms with Crippen LogP contribution in [-0.4, -0.2) is 62.0 Å². The number of likely N-dealkylation sites (N-methyl/N-ethyl adjacent to an activating group) is 1. The van der Waals surface area contributed by atoms with E-state index >= 15 is 0 Å². The summed E-state index contributed by atoms with van der Waals surface area (Å²) in [5.74, 6) is 0. The highest BCUT2D eigenvalue weighted by molar-refractivity contribution is 4.82. The van der Waals surface area contributed by atoms with E-state index in [1.54, 1.807) is 0 Å². The van der Waals surface area contributed by atoms with Gasteiger partial charge in [-0.05, 0) is 26.8 Å². The van der Waals surface area contributed by atoms with Crippen molar-refractivity contribution >= 4 is 0 Å². The first kappa shape index (κ1) is 12.9. The largest absolute Gasteiger partial charge is 0.389 e. The lowest BCUT2D eigenvalue weighted by Crippen LogP contribution is -2.36. The molecule has 0 spiro atoms. The predicted molar refractivity (Wildman–Crippen MR) is 61.0 cm³/mol. The normalized spacial score (nSPS) is 18.4. The highest BCUT2D eigenvalue weighted by Crippen LogP contribution is 2.24. The monoisotopic (exact) mass is 216 g/mol. The van der Waals surface area contributed by atoms with E-state index < -0.39 is 0 Å². The van der Waals surface area contributed by atoms with Crippen LogP contribution in [0.4, 0.5) is 0 Å². The van der Waals surface area contributed by atoms with Crippen LogP contribution in [0.15, 0.2) is 0 Å². The van der Waals surface area contributed by atoms with Crippen molar-refractivity contribution in [3.05, 3.63) is 0 Å². The minimum absolute atomic E-state index is 0.379. The van der Waals surface area contributed by atoms with Gasteiger partial charge in [0, 0.05) is 32.3 Å². The Labute approximate surface area is 92.6 Å². The Kier molecular flexibility index (Phi) is 6.17. The van der Waals surface area contributed by atoms with Crippen LogP contribution in [0.5, 0.6) is 0 Å². The van der Waals surface area contributed by atoms with Crippen molar-refractivity contribution in [1.82, 2.24) is 10.2 Å². The Hall–Kier alpha value is -0.160. The van der Waals surface area contributed by atoms with Crippen molar-refractivity contribution in [2.24, 2.45) is 0 Å². The fourth-order valence-electron chi connectivity index (χ4n) is 1.53. The maximum absolute atomic E-state index is 9.47. The van der Waals surface area contributed by atoms with E-state index in [1.807, 2.05) is 6.92 Å². The molecule has 0 aromatic rings. The van der Waals surface area contributed by atoms with Gasteiger partial charge in [-0.2, -0.15) is 0 Å². The lowest BCUT2D eigenvalue weighted by Gasteiger charge is -2.17. The number of nitrogens with one attached hydrogen (secondary N) is 1. The molecule has 1 rings (SSSR count). The minimum Gasteiger partial charge on any atom is -0.389 e. The maximum Gasteiger partial charge on any atom is 0.0897 e. The average Bonchev–Trinajstić information content (AvgIpc) is 3.04. The van der Waals surface area contributed by atoms with Gasteiger partial charge >= 0.3 is 0 Å². The zero-order chi connectivity index (χ0) is 11.1. The summed E-state index contributed by atoms with van der Waals surface area (Å²) < 4.78 is 5.12. The summed E-state index contributed by atoms with van der Waals surface area (Å²) in [5, 5.41) is 12.7. The van der Waals surface area contributed by atoms with Crippen LogP contribution >= 0.6 is 0 Å². The smallest absolute Gasteiger partial charge is 0.0897 e. The van der Waals surface area contributed by atoms with E-state index in [2.05, 4.69) is 17.3 Å². The van der Waals surface area contributed by atoms with Gasteiger partial charge in [0.25, 0.3) is 0 Å². The van der Waals surface area contributed by atoms with Crippen molar-refractivity contribution in [2.45, 2.75) is 31.9 Å². The second-order valence-electron chi connectivity index (χ2n) is 4.23. The molecule has 4 heteroatoms. The van der Waals surface area contributed by atoms with Crippen molar-refractivity contribution in [1.29, 1.82) is 0 Å². The molecule has 0 aliphatic heterocycles. The third-order valence-corrected chi connectivity index (χ3v) is 2.71. The summed E-state index contributed by atoms with van der Waals surface area (Å²) in [6.45, 7) is 5.66. The molecule has 1 aliphatic rings. The van der Waals surface area contributed by atoms with E-state index in [0.717, 1.165) is 19.1 Å². The number of ether oxygens (including phenoxy) is 1. The third-order valence-electron chi connectivity index (χ3n) is 2.71. The first-order chi connectivity index (χ1) is 7.24. The Morgan fingerprint density at radius 2 is 2.27 bits per heavy atom. The first-order valence-electron chi connectivity index (χ1n) is 5.90. The molecule has 0 saturated heterocycles. The van der Waals surface area contributed by atoms with Crippen molar-refractivity contribution in [2.75, 3.05) is 39.9 Å². The number of nitrogens with zero attached hydrogens (tertiary/aromatic N) is 1. The number of aliphatic hydroxyl groups is 1. The molecule has 0 aromatic carbocycles. The van der Waals surface area contributed by atoms with Gasteiger partial charge in [0.2, 0.25) is 0 Å². The molecule has 90 valence electrons. The Morgan fingerprint density at radius 3 is 2.87 bits per heavy atom. The topological polar surface area (TPSA) is 44.7 Å². The van der Waals surface area contributed by atoms with Crippen LogP contribution in [0.1, 0.15) is 19.8 Å². The fraction of sp³-hybridized carbons (Fsp3) is 1.00. The molecule has 1 unspecified atom stereocenters. The highest BCUT2D eigenvalue weighted by Gasteiger charge is 2.25. The Morgan fingerprint density at radius 1 is 1.53 bits per heavy atom. The molecule has 1 fully saturated rings. The van der Waals surface area contributed by atoms with Gasteiger partial charge in [0.05, 0.1) is 12.7 Å². The molecule has 0 heterocycles. The van der Waals surface area contributed by atoms with Gasteiger partial charge in [-0.1, -0.05) is 0 Å². The van der Waals surface area contributed by atoms with Crippen LogP contribution < -0.4 is 5.32 Å². The van der Waals surface area contributed by atoms with E-state index in [4.69, 9.17) is 4.74 Å². The second kappa shape index (κ2) is 7.17. The molecular weight excluding hydrogens is 192 g/mol. The second-order valence-corrected chi connectivity index (χ2v) is 4.23. The number of hydrogen-bond acceptors (Lipinski definition) is 4. The highest BCUT2D eigenvalue weighted by atomic mass is 16.5. The van der Waals surface area contributed by atoms with Crippen LogP contribution in [0.25, 0.3) is 0 Å². The average molecular weight is 216 g/mol. The summed E-state index contributed by atoms with van der Waals surface area (Å²) in [7, 11) is 2.16. The van der Waals surface area contributed by atoms with Crippen LogP contribution in [0, 0.1) is 0 Å². The standard InChI is InChI=1S/C11H24N2O2/c1-3-15-9-11(14)8-12-6-7-13(2)10-4-5-10/h10-12,14H,3-9H2,1-2H3. The molecule has 4 nitrogen and oxygen atoms in total. The lowest BCUT2D eigenvalue weighted by atomic mass is 10.3. The van der Waals surface area contributed by atoms with Crippen molar-refractivity contribution in [3.63, 3.8) is 0 Å². The molecule has 1 aliphatic carbocycles. The summed E-state index contributed by atoms with van der Waals surface area (Å²) in [4.78, 5) is 2.38. The van der Waals surface area contributed by atoms with E-state index in [1.165, 1.54) is 12.8 Å². The number of aliphatic hydroxyl groups excluding tert-OH is 1. The molecular formula is C11H24N2O2. The summed E-state index contributed by atoms with van der Waals surface area (Å²) in [6.07, 6.45) is 2.32. The molecule has 0 bridgehead atoms. The number of rotatable bonds is 9. The third kappa shape index (κ3) is 6.10. The van der Waals surface area contributed by atoms with Crippen molar-refractivity contribution in [3.8, 4) is 0 Å². The van der Waals surface area contributed by atoms with Gasteiger partial charge in [-0.15, -0.1) is 0 Å². The Bertz CT molecular complexity index is 163. The van der Waals surface area contributed by atoms with Gasteiger partial charge in [0.1, 0.15) is 0 Å². The van der Waals surface area contributed by atoms with E-state index in [-0.39, 0.29) is 6.10 Å². The zero-order valence-electron chi connectivity index (χ0n) is 9.91. The van der Waals surface area contributed by atoms with Crippen LogP contribution in [-0.2, 0) is 4.74 Å². The SMILES string of the molecule is CCOCC(O)CNCCN(C)C1CC1. The molecule has 0 amide bonds. The predicted octanol–water partition coefficient (Wildman–Crippen LogP) is 0.0676. The molecule has 0 aromatic heterocycles. The molecule has 2 N–H and O–H groups in total. The summed E-state index contributed by atoms with van der Waals surface area (Å²) >= 11 is 0. The van der Waals surface area contributed by atoms with Crippen molar-refractivity contribution < 1.29 is 9.84 Å². The quantitative estimate of drug-likeness (QED) is 0.535. The van der Waals surface area contributed by atoms with Gasteiger partial charge < -0.3 is 20.1 Å².